The summed E-state index contributed by atoms with van der Waals surface area (Å²) in [7, 11) is 0. The van der Waals surface area contributed by atoms with Crippen molar-refractivity contribution in [1.82, 2.24) is 9.55 Å². The zero-order valence-corrected chi connectivity index (χ0v) is 12.3. The molecule has 0 aliphatic carbocycles. The first-order valence-electron chi connectivity index (χ1n) is 6.39. The summed E-state index contributed by atoms with van der Waals surface area (Å²) in [6.45, 7) is 4.38. The molecule has 0 saturated carbocycles. The van der Waals surface area contributed by atoms with Crippen molar-refractivity contribution >= 4 is 17.3 Å². The third-order valence-electron chi connectivity index (χ3n) is 3.00. The predicted octanol–water partition coefficient (Wildman–Crippen LogP) is 4.75. The van der Waals surface area contributed by atoms with Gasteiger partial charge in [0, 0.05) is 22.9 Å². The molecule has 0 unspecified atom stereocenters. The van der Waals surface area contributed by atoms with Gasteiger partial charge in [-0.3, -0.25) is 0 Å². The van der Waals surface area contributed by atoms with E-state index in [1.807, 2.05) is 18.4 Å². The SMILES string of the molecule is CC(C)n1cncc1CNc1cc(Cl)cc(C(F)(F)F)c1. The van der Waals surface area contributed by atoms with Crippen molar-refractivity contribution in [2.45, 2.75) is 32.6 Å². The maximum Gasteiger partial charge on any atom is 0.416 e. The number of hydrogen-bond acceptors (Lipinski definition) is 2. The summed E-state index contributed by atoms with van der Waals surface area (Å²) in [6, 6.07) is 3.65. The molecule has 0 fully saturated rings. The van der Waals surface area contributed by atoms with Crippen molar-refractivity contribution in [3.63, 3.8) is 0 Å². The van der Waals surface area contributed by atoms with Crippen LogP contribution in [0.2, 0.25) is 5.02 Å². The minimum absolute atomic E-state index is 0.0460. The van der Waals surface area contributed by atoms with Crippen LogP contribution in [0.15, 0.2) is 30.7 Å². The number of aromatic nitrogens is 2. The molecular formula is C14H15ClF3N3. The van der Waals surface area contributed by atoms with Crippen LogP contribution in [-0.4, -0.2) is 9.55 Å². The van der Waals surface area contributed by atoms with Crippen molar-refractivity contribution in [2.75, 3.05) is 5.32 Å². The van der Waals surface area contributed by atoms with Crippen LogP contribution in [0.25, 0.3) is 0 Å². The molecule has 0 amide bonds. The van der Waals surface area contributed by atoms with Gasteiger partial charge in [-0.05, 0) is 32.0 Å². The first-order valence-corrected chi connectivity index (χ1v) is 6.77. The van der Waals surface area contributed by atoms with Crippen molar-refractivity contribution in [3.05, 3.63) is 47.0 Å². The quantitative estimate of drug-likeness (QED) is 0.882. The Balaban J connectivity index is 2.17. The van der Waals surface area contributed by atoms with Crippen LogP contribution >= 0.6 is 11.6 Å². The molecule has 3 nitrogen and oxygen atoms in total. The van der Waals surface area contributed by atoms with Crippen LogP contribution in [0, 0.1) is 0 Å². The summed E-state index contributed by atoms with van der Waals surface area (Å²) >= 11 is 5.74. The largest absolute Gasteiger partial charge is 0.416 e. The van der Waals surface area contributed by atoms with E-state index in [2.05, 4.69) is 10.3 Å². The fourth-order valence-electron chi connectivity index (χ4n) is 1.98. The second-order valence-corrected chi connectivity index (χ2v) is 5.40. The van der Waals surface area contributed by atoms with E-state index in [0.29, 0.717) is 12.2 Å². The fourth-order valence-corrected chi connectivity index (χ4v) is 2.22. The molecule has 21 heavy (non-hydrogen) atoms. The van der Waals surface area contributed by atoms with Crippen LogP contribution in [0.1, 0.15) is 31.1 Å². The van der Waals surface area contributed by atoms with Crippen molar-refractivity contribution < 1.29 is 13.2 Å². The molecule has 1 heterocycles. The zero-order chi connectivity index (χ0) is 15.6. The summed E-state index contributed by atoms with van der Waals surface area (Å²) in [5.41, 5.74) is 0.444. The molecule has 0 bridgehead atoms. The Morgan fingerprint density at radius 3 is 2.62 bits per heavy atom. The Hall–Kier alpha value is -1.69. The van der Waals surface area contributed by atoms with Gasteiger partial charge in [0.15, 0.2) is 0 Å². The number of halogens is 4. The Morgan fingerprint density at radius 1 is 1.29 bits per heavy atom. The standard InChI is InChI=1S/C14H15ClF3N3/c1-9(2)21-8-19-6-13(21)7-20-12-4-10(14(16,17)18)3-11(15)5-12/h3-6,8-9,20H,7H2,1-2H3. The Labute approximate surface area is 125 Å². The van der Waals surface area contributed by atoms with Gasteiger partial charge in [-0.2, -0.15) is 13.2 Å². The second kappa shape index (κ2) is 5.97. The van der Waals surface area contributed by atoms with Gasteiger partial charge in [-0.25, -0.2) is 4.98 Å². The topological polar surface area (TPSA) is 29.9 Å². The Bertz CT molecular complexity index is 620. The van der Waals surface area contributed by atoms with Gasteiger partial charge in [-0.1, -0.05) is 11.6 Å². The average Bonchev–Trinajstić information content (AvgIpc) is 2.83. The lowest BCUT2D eigenvalue weighted by Gasteiger charge is -2.14. The van der Waals surface area contributed by atoms with E-state index in [0.717, 1.165) is 17.8 Å². The van der Waals surface area contributed by atoms with E-state index in [1.165, 1.54) is 6.07 Å². The first kappa shape index (κ1) is 15.7. The van der Waals surface area contributed by atoms with E-state index in [9.17, 15) is 13.2 Å². The van der Waals surface area contributed by atoms with Gasteiger partial charge in [0.25, 0.3) is 0 Å². The van der Waals surface area contributed by atoms with E-state index in [4.69, 9.17) is 11.6 Å². The number of alkyl halides is 3. The smallest absolute Gasteiger partial charge is 0.379 e. The summed E-state index contributed by atoms with van der Waals surface area (Å²) in [4.78, 5) is 4.05. The molecule has 0 saturated heterocycles. The molecule has 0 radical (unpaired) electrons. The fraction of sp³-hybridized carbons (Fsp3) is 0.357. The molecule has 0 aliphatic rings. The monoisotopic (exact) mass is 317 g/mol. The highest BCUT2D eigenvalue weighted by atomic mass is 35.5. The molecule has 2 rings (SSSR count). The van der Waals surface area contributed by atoms with Gasteiger partial charge in [0.05, 0.1) is 24.1 Å². The normalized spacial score (nSPS) is 12.0. The number of nitrogens with zero attached hydrogens (tertiary/aromatic N) is 2. The zero-order valence-electron chi connectivity index (χ0n) is 11.6. The van der Waals surface area contributed by atoms with Gasteiger partial charge in [-0.15, -0.1) is 0 Å². The molecular weight excluding hydrogens is 303 g/mol. The lowest BCUT2D eigenvalue weighted by atomic mass is 10.2. The van der Waals surface area contributed by atoms with Crippen LogP contribution in [0.5, 0.6) is 0 Å². The lowest BCUT2D eigenvalue weighted by molar-refractivity contribution is -0.137. The maximum atomic E-state index is 12.7. The Kier molecular flexibility index (Phi) is 4.46. The maximum absolute atomic E-state index is 12.7. The van der Waals surface area contributed by atoms with E-state index < -0.39 is 11.7 Å². The van der Waals surface area contributed by atoms with Gasteiger partial charge < -0.3 is 9.88 Å². The van der Waals surface area contributed by atoms with Crippen molar-refractivity contribution in [3.8, 4) is 0 Å². The lowest BCUT2D eigenvalue weighted by Crippen LogP contribution is -2.10. The van der Waals surface area contributed by atoms with Crippen LogP contribution < -0.4 is 5.32 Å². The molecule has 1 aromatic carbocycles. The Morgan fingerprint density at radius 2 is 2.00 bits per heavy atom. The highest BCUT2D eigenvalue weighted by molar-refractivity contribution is 6.30. The van der Waals surface area contributed by atoms with E-state index in [-0.39, 0.29) is 11.1 Å². The first-order chi connectivity index (χ1) is 9.77. The minimum atomic E-state index is -4.42. The average molecular weight is 318 g/mol. The number of imidazole rings is 1. The molecule has 2 aromatic rings. The molecule has 114 valence electrons. The van der Waals surface area contributed by atoms with Gasteiger partial charge in [0.1, 0.15) is 0 Å². The number of anilines is 1. The van der Waals surface area contributed by atoms with Crippen LogP contribution in [-0.2, 0) is 12.7 Å². The number of rotatable bonds is 4. The van der Waals surface area contributed by atoms with Gasteiger partial charge >= 0.3 is 6.18 Å². The number of nitrogens with one attached hydrogen (secondary N) is 1. The van der Waals surface area contributed by atoms with Gasteiger partial charge in [0.2, 0.25) is 0 Å². The number of benzene rings is 1. The number of hydrogen-bond donors (Lipinski definition) is 1. The summed E-state index contributed by atoms with van der Waals surface area (Å²) < 4.78 is 40.1. The minimum Gasteiger partial charge on any atom is -0.379 e. The summed E-state index contributed by atoms with van der Waals surface area (Å²) in [6.07, 6.45) is -1.04. The molecule has 1 aromatic heterocycles. The highest BCUT2D eigenvalue weighted by Gasteiger charge is 2.31. The predicted molar refractivity (Wildman–Crippen MR) is 76.4 cm³/mol. The second-order valence-electron chi connectivity index (χ2n) is 4.97. The summed E-state index contributed by atoms with van der Waals surface area (Å²) in [5, 5.41) is 3.00. The molecule has 1 N–H and O–H groups in total. The van der Waals surface area contributed by atoms with E-state index >= 15 is 0 Å². The summed E-state index contributed by atoms with van der Waals surface area (Å²) in [5.74, 6) is 0. The third kappa shape index (κ3) is 3.91. The molecule has 7 heteroatoms. The third-order valence-corrected chi connectivity index (χ3v) is 3.22. The van der Waals surface area contributed by atoms with Crippen LogP contribution in [0.4, 0.5) is 18.9 Å². The van der Waals surface area contributed by atoms with Crippen molar-refractivity contribution in [2.24, 2.45) is 0 Å². The van der Waals surface area contributed by atoms with Crippen LogP contribution in [0.3, 0.4) is 0 Å². The molecule has 0 atom stereocenters. The van der Waals surface area contributed by atoms with E-state index in [1.54, 1.807) is 12.5 Å². The van der Waals surface area contributed by atoms with Crippen molar-refractivity contribution in [1.29, 1.82) is 0 Å². The molecule has 0 aliphatic heterocycles. The highest BCUT2D eigenvalue weighted by Crippen LogP contribution is 2.33. The molecule has 0 spiro atoms.